The van der Waals surface area contributed by atoms with Crippen LogP contribution in [0, 0.1) is 20.8 Å². The lowest BCUT2D eigenvalue weighted by Crippen LogP contribution is -2.28. The average molecular weight is 401 g/mol. The molecule has 0 aliphatic carbocycles. The van der Waals surface area contributed by atoms with E-state index in [9.17, 15) is 9.90 Å². The summed E-state index contributed by atoms with van der Waals surface area (Å²) in [4.78, 5) is 12.2. The maximum atomic E-state index is 12.2. The molecule has 4 aromatic rings. The van der Waals surface area contributed by atoms with Crippen LogP contribution in [-0.2, 0) is 19.6 Å². The third kappa shape index (κ3) is 3.89. The molecule has 4 rings (SSSR count). The van der Waals surface area contributed by atoms with Crippen LogP contribution >= 0.6 is 0 Å². The van der Waals surface area contributed by atoms with Crippen LogP contribution in [0.2, 0.25) is 0 Å². The molecule has 0 bridgehead atoms. The van der Waals surface area contributed by atoms with Gasteiger partial charge in [0, 0.05) is 29.6 Å². The number of nitrogens with zero attached hydrogens (tertiary/aromatic N) is 1. The predicted octanol–water partition coefficient (Wildman–Crippen LogP) is 3.86. The lowest BCUT2D eigenvalue weighted by molar-refractivity contribution is -0.255. The topological polar surface area (TPSA) is 70.2 Å². The molecule has 5 heteroatoms. The SMILES string of the molecule is Cc1ccc2c(CNCc3ccc(C)o3)c(C(=O)[O-])n(Cc3ccccc3C)c2c1. The van der Waals surface area contributed by atoms with Crippen molar-refractivity contribution < 1.29 is 14.3 Å². The standard InChI is InChI=1S/C25H26N2O3/c1-16-8-11-21-22(14-26-13-20-10-9-18(3)30-20)24(25(28)29)27(23(21)12-16)15-19-7-5-4-6-17(19)2/h4-12,26H,13-15H2,1-3H3,(H,28,29)/p-1. The van der Waals surface area contributed by atoms with Gasteiger partial charge in [-0.3, -0.25) is 0 Å². The molecule has 30 heavy (non-hydrogen) atoms. The summed E-state index contributed by atoms with van der Waals surface area (Å²) < 4.78 is 7.47. The molecule has 0 radical (unpaired) electrons. The van der Waals surface area contributed by atoms with E-state index in [0.717, 1.165) is 44.7 Å². The van der Waals surface area contributed by atoms with Gasteiger partial charge < -0.3 is 24.2 Å². The zero-order chi connectivity index (χ0) is 21.3. The Labute approximate surface area is 176 Å². The van der Waals surface area contributed by atoms with E-state index in [1.807, 2.05) is 79.9 Å². The van der Waals surface area contributed by atoms with E-state index in [-0.39, 0.29) is 5.69 Å². The Bertz CT molecular complexity index is 1220. The minimum Gasteiger partial charge on any atom is -0.543 e. The van der Waals surface area contributed by atoms with Gasteiger partial charge in [-0.15, -0.1) is 0 Å². The molecule has 0 saturated heterocycles. The molecule has 2 aromatic heterocycles. The number of carboxylic acid groups (broad SMARTS) is 1. The third-order valence-electron chi connectivity index (χ3n) is 5.50. The van der Waals surface area contributed by atoms with Crippen molar-refractivity contribution in [1.82, 2.24) is 9.88 Å². The number of carbonyl (C=O) groups is 1. The zero-order valence-electron chi connectivity index (χ0n) is 17.5. The Balaban J connectivity index is 1.76. The number of hydrogen-bond acceptors (Lipinski definition) is 4. The van der Waals surface area contributed by atoms with Crippen LogP contribution in [0.1, 0.15) is 44.3 Å². The van der Waals surface area contributed by atoms with Crippen LogP contribution in [0.25, 0.3) is 10.9 Å². The maximum absolute atomic E-state index is 12.2. The molecular weight excluding hydrogens is 376 g/mol. The lowest BCUT2D eigenvalue weighted by Gasteiger charge is -2.15. The van der Waals surface area contributed by atoms with E-state index in [1.165, 1.54) is 0 Å². The monoisotopic (exact) mass is 401 g/mol. The highest BCUT2D eigenvalue weighted by Gasteiger charge is 2.19. The van der Waals surface area contributed by atoms with Gasteiger partial charge in [0.15, 0.2) is 0 Å². The number of rotatable bonds is 7. The Hall–Kier alpha value is -3.31. The second-order valence-electron chi connectivity index (χ2n) is 7.76. The number of carbonyl (C=O) groups excluding carboxylic acids is 1. The van der Waals surface area contributed by atoms with Crippen molar-refractivity contribution in [1.29, 1.82) is 0 Å². The number of nitrogens with one attached hydrogen (secondary N) is 1. The second kappa shape index (κ2) is 8.20. The molecule has 2 heterocycles. The van der Waals surface area contributed by atoms with Crippen LogP contribution in [0.3, 0.4) is 0 Å². The first-order chi connectivity index (χ1) is 14.4. The summed E-state index contributed by atoms with van der Waals surface area (Å²) in [5.41, 5.74) is 5.17. The van der Waals surface area contributed by atoms with Gasteiger partial charge in [0.05, 0.1) is 18.2 Å². The molecule has 5 nitrogen and oxygen atoms in total. The van der Waals surface area contributed by atoms with Crippen LogP contribution < -0.4 is 10.4 Å². The molecule has 154 valence electrons. The Kier molecular flexibility index (Phi) is 5.46. The van der Waals surface area contributed by atoms with Gasteiger partial charge in [0.1, 0.15) is 11.5 Å². The van der Waals surface area contributed by atoms with E-state index in [4.69, 9.17) is 4.42 Å². The first-order valence-electron chi connectivity index (χ1n) is 10.1. The number of benzene rings is 2. The number of fused-ring (bicyclic) bond motifs is 1. The fraction of sp³-hybridized carbons (Fsp3) is 0.240. The summed E-state index contributed by atoms with van der Waals surface area (Å²) in [6.07, 6.45) is 0. The predicted molar refractivity (Wildman–Crippen MR) is 115 cm³/mol. The van der Waals surface area contributed by atoms with Crippen molar-refractivity contribution in [3.05, 3.63) is 94.1 Å². The number of aryl methyl sites for hydroxylation is 3. The minimum atomic E-state index is -1.16. The first-order valence-corrected chi connectivity index (χ1v) is 10.1. The number of carboxylic acids is 1. The summed E-state index contributed by atoms with van der Waals surface area (Å²) >= 11 is 0. The smallest absolute Gasteiger partial charge is 0.117 e. The summed E-state index contributed by atoms with van der Waals surface area (Å²) in [6.45, 7) is 7.37. The Morgan fingerprint density at radius 1 is 1.03 bits per heavy atom. The van der Waals surface area contributed by atoms with Gasteiger partial charge in [-0.25, -0.2) is 0 Å². The fourth-order valence-corrected chi connectivity index (χ4v) is 3.96. The number of aromatic carboxylic acids is 1. The van der Waals surface area contributed by atoms with Crippen molar-refractivity contribution in [2.75, 3.05) is 0 Å². The molecule has 0 amide bonds. The van der Waals surface area contributed by atoms with Gasteiger partial charge in [0.25, 0.3) is 0 Å². The van der Waals surface area contributed by atoms with E-state index >= 15 is 0 Å². The second-order valence-corrected chi connectivity index (χ2v) is 7.76. The van der Waals surface area contributed by atoms with E-state index in [2.05, 4.69) is 5.32 Å². The van der Waals surface area contributed by atoms with Crippen molar-refractivity contribution in [2.24, 2.45) is 0 Å². The molecular formula is C25H25N2O3-. The summed E-state index contributed by atoms with van der Waals surface area (Å²) in [5.74, 6) is 0.512. The number of hydrogen-bond donors (Lipinski definition) is 1. The molecule has 0 spiro atoms. The maximum Gasteiger partial charge on any atom is 0.117 e. The first kappa shape index (κ1) is 20.0. The normalized spacial score (nSPS) is 11.3. The largest absolute Gasteiger partial charge is 0.543 e. The highest BCUT2D eigenvalue weighted by molar-refractivity contribution is 5.97. The fourth-order valence-electron chi connectivity index (χ4n) is 3.96. The Morgan fingerprint density at radius 3 is 2.53 bits per heavy atom. The van der Waals surface area contributed by atoms with Crippen LogP contribution in [-0.4, -0.2) is 10.5 Å². The third-order valence-corrected chi connectivity index (χ3v) is 5.50. The number of furan rings is 1. The average Bonchev–Trinajstić information content (AvgIpc) is 3.25. The molecule has 2 aromatic carbocycles. The van der Waals surface area contributed by atoms with E-state index < -0.39 is 5.97 Å². The molecule has 0 saturated carbocycles. The highest BCUT2D eigenvalue weighted by atomic mass is 16.4. The van der Waals surface area contributed by atoms with Gasteiger partial charge in [0.2, 0.25) is 0 Å². The van der Waals surface area contributed by atoms with Gasteiger partial charge in [-0.2, -0.15) is 0 Å². The molecule has 0 atom stereocenters. The highest BCUT2D eigenvalue weighted by Crippen LogP contribution is 2.29. The summed E-state index contributed by atoms with van der Waals surface area (Å²) in [7, 11) is 0. The summed E-state index contributed by atoms with van der Waals surface area (Å²) in [5, 5.41) is 16.5. The van der Waals surface area contributed by atoms with E-state index in [1.54, 1.807) is 0 Å². The lowest BCUT2D eigenvalue weighted by atomic mass is 10.1. The van der Waals surface area contributed by atoms with Crippen LogP contribution in [0.4, 0.5) is 0 Å². The minimum absolute atomic E-state index is 0.224. The molecule has 0 aliphatic rings. The molecule has 0 unspecified atom stereocenters. The zero-order valence-corrected chi connectivity index (χ0v) is 17.5. The van der Waals surface area contributed by atoms with Crippen molar-refractivity contribution >= 4 is 16.9 Å². The van der Waals surface area contributed by atoms with Crippen molar-refractivity contribution in [2.45, 2.75) is 40.4 Å². The number of aromatic nitrogens is 1. The van der Waals surface area contributed by atoms with Crippen molar-refractivity contribution in [3.8, 4) is 0 Å². The van der Waals surface area contributed by atoms with Gasteiger partial charge >= 0.3 is 0 Å². The van der Waals surface area contributed by atoms with Crippen LogP contribution in [0.15, 0.2) is 59.0 Å². The molecule has 0 aliphatic heterocycles. The van der Waals surface area contributed by atoms with Gasteiger partial charge in [-0.1, -0.05) is 36.4 Å². The summed E-state index contributed by atoms with van der Waals surface area (Å²) in [6, 6.07) is 17.9. The van der Waals surface area contributed by atoms with Crippen LogP contribution in [0.5, 0.6) is 0 Å². The van der Waals surface area contributed by atoms with E-state index in [0.29, 0.717) is 19.6 Å². The van der Waals surface area contributed by atoms with Crippen molar-refractivity contribution in [3.63, 3.8) is 0 Å². The Morgan fingerprint density at radius 2 is 1.83 bits per heavy atom. The quantitative estimate of drug-likeness (QED) is 0.510. The molecule has 0 fully saturated rings. The molecule has 1 N–H and O–H groups in total. The van der Waals surface area contributed by atoms with Gasteiger partial charge in [-0.05, 0) is 55.7 Å².